The molecule has 2 heteroatoms. The minimum absolute atomic E-state index is 0.233. The van der Waals surface area contributed by atoms with Crippen LogP contribution in [0, 0.1) is 11.8 Å². The number of benzene rings is 1. The van der Waals surface area contributed by atoms with Crippen LogP contribution >= 0.6 is 0 Å². The molecule has 3 atom stereocenters. The lowest BCUT2D eigenvalue weighted by Crippen LogP contribution is -2.38. The van der Waals surface area contributed by atoms with E-state index in [2.05, 4.69) is 17.4 Å². The summed E-state index contributed by atoms with van der Waals surface area (Å²) in [4.78, 5) is 11.9. The van der Waals surface area contributed by atoms with Gasteiger partial charge in [-0.25, -0.2) is 0 Å². The van der Waals surface area contributed by atoms with Crippen LogP contribution < -0.4 is 5.32 Å². The first-order valence-corrected chi connectivity index (χ1v) is 7.14. The predicted octanol–water partition coefficient (Wildman–Crippen LogP) is 2.92. The summed E-state index contributed by atoms with van der Waals surface area (Å²) in [5.41, 5.74) is 1.25. The molecule has 2 aliphatic carbocycles. The maximum absolute atomic E-state index is 11.9. The van der Waals surface area contributed by atoms with Crippen LogP contribution in [0.4, 0.5) is 0 Å². The Morgan fingerprint density at radius 2 is 2.00 bits per heavy atom. The molecule has 2 nitrogen and oxygen atoms in total. The van der Waals surface area contributed by atoms with Crippen molar-refractivity contribution in [3.05, 3.63) is 35.9 Å². The lowest BCUT2D eigenvalue weighted by molar-refractivity contribution is -0.122. The van der Waals surface area contributed by atoms with Gasteiger partial charge < -0.3 is 5.32 Å². The third kappa shape index (κ3) is 2.58. The van der Waals surface area contributed by atoms with Crippen molar-refractivity contribution in [1.29, 1.82) is 0 Å². The third-order valence-electron chi connectivity index (χ3n) is 4.57. The molecule has 2 saturated carbocycles. The van der Waals surface area contributed by atoms with Crippen molar-refractivity contribution in [3.8, 4) is 0 Å². The van der Waals surface area contributed by atoms with Crippen molar-refractivity contribution < 1.29 is 4.79 Å². The quantitative estimate of drug-likeness (QED) is 0.865. The average Bonchev–Trinajstić information content (AvgIpc) is 3.00. The molecule has 2 bridgehead atoms. The molecule has 96 valence electrons. The van der Waals surface area contributed by atoms with E-state index in [-0.39, 0.29) is 5.91 Å². The van der Waals surface area contributed by atoms with Gasteiger partial charge >= 0.3 is 0 Å². The maximum Gasteiger partial charge on any atom is 0.220 e. The van der Waals surface area contributed by atoms with Crippen molar-refractivity contribution in [2.24, 2.45) is 11.8 Å². The van der Waals surface area contributed by atoms with Crippen LogP contribution in [0.3, 0.4) is 0 Å². The van der Waals surface area contributed by atoms with E-state index in [1.165, 1.54) is 31.2 Å². The monoisotopic (exact) mass is 243 g/mol. The Bertz CT molecular complexity index is 414. The molecule has 1 N–H and O–H groups in total. The Labute approximate surface area is 109 Å². The molecule has 0 heterocycles. The van der Waals surface area contributed by atoms with E-state index in [4.69, 9.17) is 0 Å². The Kier molecular flexibility index (Phi) is 3.35. The fourth-order valence-electron chi connectivity index (χ4n) is 3.60. The fraction of sp³-hybridized carbons (Fsp3) is 0.562. The average molecular weight is 243 g/mol. The molecular formula is C16H21NO. The van der Waals surface area contributed by atoms with Gasteiger partial charge in [0.05, 0.1) is 0 Å². The first kappa shape index (κ1) is 11.8. The second-order valence-corrected chi connectivity index (χ2v) is 5.83. The maximum atomic E-state index is 11.9. The summed E-state index contributed by atoms with van der Waals surface area (Å²) in [6.07, 6.45) is 6.77. The molecule has 0 spiro atoms. The molecule has 2 aliphatic rings. The number of carbonyl (C=O) groups excluding carboxylic acids is 1. The minimum atomic E-state index is 0.233. The van der Waals surface area contributed by atoms with Crippen molar-refractivity contribution in [2.75, 3.05) is 0 Å². The fourth-order valence-corrected chi connectivity index (χ4v) is 3.60. The molecule has 1 aromatic rings. The Morgan fingerprint density at radius 1 is 1.17 bits per heavy atom. The molecule has 0 aliphatic heterocycles. The van der Waals surface area contributed by atoms with Crippen molar-refractivity contribution in [1.82, 2.24) is 5.32 Å². The molecule has 3 rings (SSSR count). The van der Waals surface area contributed by atoms with E-state index in [0.29, 0.717) is 12.5 Å². The Morgan fingerprint density at radius 3 is 2.67 bits per heavy atom. The van der Waals surface area contributed by atoms with Crippen molar-refractivity contribution >= 4 is 5.91 Å². The Balaban J connectivity index is 1.45. The molecule has 1 amide bonds. The highest BCUT2D eigenvalue weighted by atomic mass is 16.1. The summed E-state index contributed by atoms with van der Waals surface area (Å²) >= 11 is 0. The van der Waals surface area contributed by atoms with Crippen LogP contribution in [0.1, 0.15) is 37.7 Å². The summed E-state index contributed by atoms with van der Waals surface area (Å²) in [7, 11) is 0. The predicted molar refractivity (Wildman–Crippen MR) is 72.1 cm³/mol. The van der Waals surface area contributed by atoms with E-state index < -0.39 is 0 Å². The van der Waals surface area contributed by atoms with Crippen LogP contribution in [-0.4, -0.2) is 11.9 Å². The number of carbonyl (C=O) groups is 1. The van der Waals surface area contributed by atoms with Crippen LogP contribution in [0.2, 0.25) is 0 Å². The number of fused-ring (bicyclic) bond motifs is 2. The summed E-state index contributed by atoms with van der Waals surface area (Å²) < 4.78 is 0. The molecule has 1 aromatic carbocycles. The van der Waals surface area contributed by atoms with Gasteiger partial charge in [-0.15, -0.1) is 0 Å². The summed E-state index contributed by atoms with van der Waals surface area (Å²) in [5.74, 6) is 1.90. The zero-order valence-corrected chi connectivity index (χ0v) is 10.8. The van der Waals surface area contributed by atoms with Gasteiger partial charge in [0, 0.05) is 12.5 Å². The van der Waals surface area contributed by atoms with Gasteiger partial charge in [0.25, 0.3) is 0 Å². The van der Waals surface area contributed by atoms with E-state index >= 15 is 0 Å². The summed E-state index contributed by atoms with van der Waals surface area (Å²) in [6.45, 7) is 0. The second-order valence-electron chi connectivity index (χ2n) is 5.83. The van der Waals surface area contributed by atoms with Crippen LogP contribution in [0.5, 0.6) is 0 Å². The molecule has 0 saturated heterocycles. The van der Waals surface area contributed by atoms with Crippen molar-refractivity contribution in [3.63, 3.8) is 0 Å². The lowest BCUT2D eigenvalue weighted by atomic mass is 9.95. The van der Waals surface area contributed by atoms with Gasteiger partial charge in [-0.2, -0.15) is 0 Å². The minimum Gasteiger partial charge on any atom is -0.353 e. The van der Waals surface area contributed by atoms with Gasteiger partial charge in [-0.05, 0) is 43.1 Å². The number of amides is 1. The normalized spacial score (nSPS) is 29.4. The number of aryl methyl sites for hydroxylation is 1. The van der Waals surface area contributed by atoms with Crippen LogP contribution in [0.15, 0.2) is 30.3 Å². The molecule has 0 aromatic heterocycles. The number of nitrogens with one attached hydrogen (secondary N) is 1. The van der Waals surface area contributed by atoms with E-state index in [0.717, 1.165) is 18.3 Å². The standard InChI is InChI=1S/C16H21NO/c18-16(9-7-12-4-2-1-3-5-12)17-15-11-13-6-8-14(15)10-13/h1-5,13-15H,6-11H2,(H,17,18)/t13-,14-,15+/m1/s1. The van der Waals surface area contributed by atoms with E-state index in [9.17, 15) is 4.79 Å². The number of hydrogen-bond donors (Lipinski definition) is 1. The van der Waals surface area contributed by atoms with Gasteiger partial charge in [0.15, 0.2) is 0 Å². The molecular weight excluding hydrogens is 222 g/mol. The summed E-state index contributed by atoms with van der Waals surface area (Å²) in [5, 5.41) is 3.24. The molecule has 18 heavy (non-hydrogen) atoms. The Hall–Kier alpha value is -1.31. The lowest BCUT2D eigenvalue weighted by Gasteiger charge is -2.22. The van der Waals surface area contributed by atoms with E-state index in [1.54, 1.807) is 0 Å². The highest BCUT2D eigenvalue weighted by Crippen LogP contribution is 2.44. The first-order valence-electron chi connectivity index (χ1n) is 7.14. The summed E-state index contributed by atoms with van der Waals surface area (Å²) in [6, 6.07) is 10.7. The number of rotatable bonds is 4. The highest BCUT2D eigenvalue weighted by Gasteiger charge is 2.39. The van der Waals surface area contributed by atoms with Gasteiger partial charge in [-0.1, -0.05) is 36.8 Å². The van der Waals surface area contributed by atoms with E-state index in [1.807, 2.05) is 18.2 Å². The largest absolute Gasteiger partial charge is 0.353 e. The topological polar surface area (TPSA) is 29.1 Å². The second kappa shape index (κ2) is 5.13. The molecule has 2 fully saturated rings. The zero-order chi connectivity index (χ0) is 12.4. The smallest absolute Gasteiger partial charge is 0.220 e. The number of hydrogen-bond acceptors (Lipinski definition) is 1. The van der Waals surface area contributed by atoms with Crippen LogP contribution in [0.25, 0.3) is 0 Å². The van der Waals surface area contributed by atoms with Crippen LogP contribution in [-0.2, 0) is 11.2 Å². The van der Waals surface area contributed by atoms with Gasteiger partial charge in [0.1, 0.15) is 0 Å². The molecule has 0 unspecified atom stereocenters. The zero-order valence-electron chi connectivity index (χ0n) is 10.8. The van der Waals surface area contributed by atoms with Crippen molar-refractivity contribution in [2.45, 2.75) is 44.6 Å². The van der Waals surface area contributed by atoms with Gasteiger partial charge in [-0.3, -0.25) is 4.79 Å². The third-order valence-corrected chi connectivity index (χ3v) is 4.57. The first-order chi connectivity index (χ1) is 8.81. The highest BCUT2D eigenvalue weighted by molar-refractivity contribution is 5.76. The van der Waals surface area contributed by atoms with Gasteiger partial charge in [0.2, 0.25) is 5.91 Å². The molecule has 0 radical (unpaired) electrons. The SMILES string of the molecule is O=C(CCc1ccccc1)N[C@H]1C[C@@H]2CC[C@@H]1C2.